The molecule has 13 nitrogen and oxygen atoms in total. The van der Waals surface area contributed by atoms with E-state index in [1.54, 1.807) is 58.0 Å². The summed E-state index contributed by atoms with van der Waals surface area (Å²) in [6, 6.07) is 12.5. The number of aliphatic imine (C=N–C) groups is 1. The fraction of sp³-hybridized carbons (Fsp3) is 0.444. The number of rotatable bonds is 15. The van der Waals surface area contributed by atoms with Crippen molar-refractivity contribution >= 4 is 57.5 Å². The van der Waals surface area contributed by atoms with Gasteiger partial charge in [0.15, 0.2) is 11.5 Å². The summed E-state index contributed by atoms with van der Waals surface area (Å²) < 4.78 is 22.2. The Labute approximate surface area is 391 Å². The maximum absolute atomic E-state index is 13.3. The van der Waals surface area contributed by atoms with Crippen molar-refractivity contribution in [3.05, 3.63) is 94.0 Å². The molecule has 4 aliphatic rings. The summed E-state index contributed by atoms with van der Waals surface area (Å²) in [5.74, 6) is 1.60. The molecule has 0 spiro atoms. The van der Waals surface area contributed by atoms with E-state index < -0.39 is 6.23 Å². The predicted molar refractivity (Wildman–Crippen MR) is 236 cm³/mol. The molecule has 0 aliphatic carbocycles. The number of methoxy groups -OCH3 is 1. The van der Waals surface area contributed by atoms with Crippen LogP contribution in [0.1, 0.15) is 86.1 Å². The number of aryl methyl sites for hydroxylation is 1. The molecule has 2 amide bonds. The molecule has 2 aromatic carbocycles. The van der Waals surface area contributed by atoms with Crippen molar-refractivity contribution in [1.82, 2.24) is 14.8 Å². The van der Waals surface area contributed by atoms with Gasteiger partial charge in [0.1, 0.15) is 10.8 Å². The molecule has 1 aromatic heterocycles. The Morgan fingerprint density at radius 3 is 2.33 bits per heavy atom. The number of amides is 2. The third-order valence-electron chi connectivity index (χ3n) is 10.6. The molecule has 7 rings (SSSR count). The van der Waals surface area contributed by atoms with E-state index in [-0.39, 0.29) is 61.4 Å². The number of benzene rings is 2. The van der Waals surface area contributed by atoms with Crippen molar-refractivity contribution in [3.8, 4) is 17.2 Å². The number of aromatic nitrogens is 1. The van der Waals surface area contributed by atoms with Crippen molar-refractivity contribution in [1.29, 1.82) is 0 Å². The Balaban J connectivity index is 0.000000374. The van der Waals surface area contributed by atoms with Gasteiger partial charge in [0, 0.05) is 82.1 Å². The Bertz CT molecular complexity index is 2120. The maximum Gasteiger partial charge on any atom is 0.257 e. The minimum Gasteiger partial charge on any atom is -0.658 e. The summed E-state index contributed by atoms with van der Waals surface area (Å²) in [5.41, 5.74) is 5.34. The molecule has 4 aliphatic heterocycles. The number of pyridine rings is 1. The van der Waals surface area contributed by atoms with E-state index in [1.807, 2.05) is 76.1 Å². The van der Waals surface area contributed by atoms with Crippen LogP contribution in [-0.2, 0) is 42.2 Å². The van der Waals surface area contributed by atoms with Gasteiger partial charge >= 0.3 is 0 Å². The van der Waals surface area contributed by atoms with Gasteiger partial charge < -0.3 is 44.0 Å². The molecule has 1 unspecified atom stereocenters. The van der Waals surface area contributed by atoms with Crippen molar-refractivity contribution in [2.75, 3.05) is 40.0 Å². The van der Waals surface area contributed by atoms with Crippen LogP contribution in [-0.4, -0.2) is 107 Å². The van der Waals surface area contributed by atoms with E-state index in [0.29, 0.717) is 79.1 Å². The summed E-state index contributed by atoms with van der Waals surface area (Å²) in [6.45, 7) is 13.8. The van der Waals surface area contributed by atoms with Gasteiger partial charge in [0.2, 0.25) is 0 Å². The van der Waals surface area contributed by atoms with Crippen molar-refractivity contribution in [2.45, 2.75) is 94.8 Å². The van der Waals surface area contributed by atoms with Gasteiger partial charge in [0.05, 0.1) is 49.0 Å². The second-order valence-corrected chi connectivity index (χ2v) is 18.4. The van der Waals surface area contributed by atoms with Gasteiger partial charge in [-0.2, -0.15) is 0 Å². The number of nitrogens with zero attached hydrogens (tertiary/aromatic N) is 5. The Kier molecular flexibility index (Phi) is 17.7. The zero-order valence-corrected chi connectivity index (χ0v) is 40.1. The number of fused-ring (bicyclic) bond motifs is 4. The number of carbonyl (C=O) groups excluding carboxylic acids is 3. The molecule has 3 aromatic rings. The van der Waals surface area contributed by atoms with Crippen LogP contribution in [0.4, 0.5) is 11.4 Å². The number of carbonyl (C=O) groups is 2. The first-order chi connectivity index (χ1) is 28.9. The van der Waals surface area contributed by atoms with Crippen LogP contribution in [0.2, 0.25) is 0 Å². The average molecular weight is 945 g/mol. The molecule has 3 atom stereocenters. The van der Waals surface area contributed by atoms with Gasteiger partial charge in [-0.25, -0.2) is 4.98 Å². The molecular weight excluding hydrogens is 892 g/mol. The fourth-order valence-electron chi connectivity index (χ4n) is 7.26. The first-order valence-corrected chi connectivity index (χ1v) is 22.3. The summed E-state index contributed by atoms with van der Waals surface area (Å²) in [4.78, 5) is 49.0. The van der Waals surface area contributed by atoms with Crippen molar-refractivity contribution in [3.63, 3.8) is 0 Å². The summed E-state index contributed by atoms with van der Waals surface area (Å²) in [7, 11) is 4.77. The molecule has 323 valence electrons. The standard InChI is InChI=1S/C35H42N4O6.C10H12NO2S2.Y/c1-5-22-13-24-18-36-27-16-32(31(43-4)15-26(27)34(41)38(24)19-22)45-11-9-7-8-10-44-30-17-28-25(12-21(30)3)35(42)39-20-23(6-2)14-29(39)33(40)37-28;1-10(2,7-13-8-12)15-14-9-5-3-4-6-11-9;/h5-6,12,15-18,24,29,33,40H,7-11,13-14,19-20H2,1-4H3,(H,37,42);3-6H,7H2,1-2H3;/q;-1;/p-1/t24-,29-,33?;;/m0../s1. The van der Waals surface area contributed by atoms with Gasteiger partial charge in [-0.1, -0.05) is 46.6 Å². The number of aliphatic hydroxyl groups is 1. The minimum absolute atomic E-state index is 0. The van der Waals surface area contributed by atoms with Gasteiger partial charge in [-0.15, -0.1) is 5.69 Å². The maximum atomic E-state index is 13.3. The molecule has 16 heteroatoms. The molecule has 0 saturated carbocycles. The Morgan fingerprint density at radius 2 is 1.64 bits per heavy atom. The Morgan fingerprint density at radius 1 is 0.934 bits per heavy atom. The number of hydrogen-bond acceptors (Lipinski definition) is 12. The molecule has 1 N–H and O–H groups in total. The Hall–Kier alpha value is -3.89. The number of unbranched alkanes of at least 4 members (excludes halogenated alkanes) is 2. The predicted octanol–water partition coefficient (Wildman–Crippen LogP) is 8.69. The second kappa shape index (κ2) is 22.5. The van der Waals surface area contributed by atoms with Crippen LogP contribution >= 0.6 is 21.6 Å². The summed E-state index contributed by atoms with van der Waals surface area (Å²) in [5, 5.41) is 16.2. The molecule has 2 fully saturated rings. The zero-order chi connectivity index (χ0) is 42.8. The van der Waals surface area contributed by atoms with Crippen LogP contribution in [0.25, 0.3) is 5.32 Å². The number of aliphatic hydroxyl groups excluding tert-OH is 1. The average Bonchev–Trinajstić information content (AvgIpc) is 3.85. The first kappa shape index (κ1) is 48.2. The normalized spacial score (nSPS) is 20.2. The molecule has 1 radical (unpaired) electrons. The largest absolute Gasteiger partial charge is 0.658 e. The van der Waals surface area contributed by atoms with E-state index in [1.165, 1.54) is 12.0 Å². The van der Waals surface area contributed by atoms with Gasteiger partial charge in [-0.05, 0) is 113 Å². The molecule has 2 saturated heterocycles. The summed E-state index contributed by atoms with van der Waals surface area (Å²) in [6.07, 6.45) is 10.7. The van der Waals surface area contributed by atoms with E-state index in [2.05, 4.69) is 26.1 Å². The van der Waals surface area contributed by atoms with Crippen LogP contribution < -0.4 is 14.2 Å². The van der Waals surface area contributed by atoms with Crippen molar-refractivity contribution in [2.24, 2.45) is 4.99 Å². The van der Waals surface area contributed by atoms with Crippen LogP contribution in [0.3, 0.4) is 0 Å². The summed E-state index contributed by atoms with van der Waals surface area (Å²) >= 11 is 0. The molecule has 5 heterocycles. The van der Waals surface area contributed by atoms with Crippen LogP contribution in [0, 0.1) is 6.92 Å². The number of ether oxygens (including phenoxy) is 4. The number of hydrogen-bond donors (Lipinski definition) is 1. The van der Waals surface area contributed by atoms with Crippen LogP contribution in [0.15, 0.2) is 82.0 Å². The molecule has 61 heavy (non-hydrogen) atoms. The third kappa shape index (κ3) is 12.2. The van der Waals surface area contributed by atoms with E-state index in [9.17, 15) is 19.5 Å². The monoisotopic (exact) mass is 944 g/mol. The molecule has 0 bridgehead atoms. The minimum atomic E-state index is -0.974. The second-order valence-electron chi connectivity index (χ2n) is 15.5. The quantitative estimate of drug-likeness (QED) is 0.0674. The zero-order valence-electron chi connectivity index (χ0n) is 35.6. The fourth-order valence-corrected chi connectivity index (χ4v) is 9.29. The van der Waals surface area contributed by atoms with E-state index in [0.717, 1.165) is 41.8 Å². The van der Waals surface area contributed by atoms with Gasteiger partial charge in [-0.3, -0.25) is 14.6 Å². The number of allylic oxidation sites excluding steroid dienone is 2. The molecular formula is C45H53N5O8S2Y-2. The first-order valence-electron chi connectivity index (χ1n) is 20.2. The van der Waals surface area contributed by atoms with E-state index >= 15 is 0 Å². The topological polar surface area (TPSA) is 154 Å². The third-order valence-corrected chi connectivity index (χ3v) is 13.8. The van der Waals surface area contributed by atoms with Gasteiger partial charge in [0.25, 0.3) is 11.8 Å². The van der Waals surface area contributed by atoms with Crippen LogP contribution in [0.5, 0.6) is 17.2 Å². The van der Waals surface area contributed by atoms with Crippen molar-refractivity contribution < 1.29 is 71.1 Å². The van der Waals surface area contributed by atoms with E-state index in [4.69, 9.17) is 14.2 Å². The smallest absolute Gasteiger partial charge is 0.257 e. The SMILES string of the molecule is CC(C)(CO[C-]=O)SSc1ccccn1.CC=C1C[C@H]2C=Nc3cc(OCCCCCOc4cc5c(cc4C)C(=O)N4CC(=CC)C[C@H]4C(O)[N-]5)c(OC)cc3C(=O)N2C1.[Y].